The molecule has 0 unspecified atom stereocenters. The van der Waals surface area contributed by atoms with Crippen LogP contribution in [0.1, 0.15) is 26.3 Å². The van der Waals surface area contributed by atoms with Crippen LogP contribution in [0.25, 0.3) is 0 Å². The number of para-hydroxylation sites is 2. The van der Waals surface area contributed by atoms with Gasteiger partial charge in [0.1, 0.15) is 5.82 Å². The van der Waals surface area contributed by atoms with Gasteiger partial charge in [0.2, 0.25) is 0 Å². The van der Waals surface area contributed by atoms with Gasteiger partial charge in [0.25, 0.3) is 0 Å². The van der Waals surface area contributed by atoms with Crippen molar-refractivity contribution in [3.8, 4) is 0 Å². The van der Waals surface area contributed by atoms with E-state index in [1.54, 1.807) is 17.0 Å². The Morgan fingerprint density at radius 2 is 1.58 bits per heavy atom. The summed E-state index contributed by atoms with van der Waals surface area (Å²) in [5, 5.41) is 3.05. The van der Waals surface area contributed by atoms with Crippen LogP contribution in [0.4, 0.5) is 20.6 Å². The molecular formula is C21H26FN3O. The van der Waals surface area contributed by atoms with Gasteiger partial charge in [0, 0.05) is 31.9 Å². The average molecular weight is 355 g/mol. The molecule has 3 rings (SSSR count). The number of anilines is 2. The molecule has 0 aliphatic carbocycles. The minimum Gasteiger partial charge on any atom is -0.366 e. The largest absolute Gasteiger partial charge is 0.366 e. The zero-order chi connectivity index (χ0) is 18.7. The number of hydrogen-bond donors (Lipinski definition) is 1. The van der Waals surface area contributed by atoms with Gasteiger partial charge in [-0.1, -0.05) is 51.1 Å². The van der Waals surface area contributed by atoms with Gasteiger partial charge in [-0.05, 0) is 29.2 Å². The minimum atomic E-state index is -0.218. The molecule has 0 aromatic heterocycles. The van der Waals surface area contributed by atoms with E-state index in [9.17, 15) is 9.18 Å². The van der Waals surface area contributed by atoms with E-state index in [1.165, 1.54) is 6.07 Å². The molecule has 1 aliphatic rings. The summed E-state index contributed by atoms with van der Waals surface area (Å²) in [6.07, 6.45) is 0. The summed E-state index contributed by atoms with van der Waals surface area (Å²) in [5.41, 5.74) is 2.51. The van der Waals surface area contributed by atoms with Crippen LogP contribution >= 0.6 is 0 Å². The van der Waals surface area contributed by atoms with Gasteiger partial charge < -0.3 is 15.1 Å². The van der Waals surface area contributed by atoms with Crippen LogP contribution in [0.3, 0.4) is 0 Å². The highest BCUT2D eigenvalue weighted by Crippen LogP contribution is 2.29. The highest BCUT2D eigenvalue weighted by atomic mass is 19.1. The third kappa shape index (κ3) is 3.98. The van der Waals surface area contributed by atoms with Crippen molar-refractivity contribution in [3.05, 3.63) is 59.9 Å². The molecule has 2 amide bonds. The molecule has 0 saturated carbocycles. The maximum absolute atomic E-state index is 13.9. The number of hydrogen-bond acceptors (Lipinski definition) is 2. The van der Waals surface area contributed by atoms with Gasteiger partial charge in [-0.15, -0.1) is 0 Å². The van der Waals surface area contributed by atoms with Crippen molar-refractivity contribution >= 4 is 17.4 Å². The first-order valence-electron chi connectivity index (χ1n) is 9.01. The van der Waals surface area contributed by atoms with Crippen LogP contribution in [-0.4, -0.2) is 37.1 Å². The predicted molar refractivity (Wildman–Crippen MR) is 104 cm³/mol. The average Bonchev–Trinajstić information content (AvgIpc) is 2.62. The fourth-order valence-electron chi connectivity index (χ4n) is 3.30. The van der Waals surface area contributed by atoms with Crippen LogP contribution in [0, 0.1) is 5.82 Å². The summed E-state index contributed by atoms with van der Waals surface area (Å²) in [5.74, 6) is -0.218. The minimum absolute atomic E-state index is 0.0482. The quantitative estimate of drug-likeness (QED) is 0.862. The summed E-state index contributed by atoms with van der Waals surface area (Å²) in [6.45, 7) is 8.77. The molecule has 138 valence electrons. The molecule has 0 spiro atoms. The van der Waals surface area contributed by atoms with Crippen LogP contribution in [0.2, 0.25) is 0 Å². The number of nitrogens with zero attached hydrogens (tertiary/aromatic N) is 2. The smallest absolute Gasteiger partial charge is 0.321 e. The maximum Gasteiger partial charge on any atom is 0.321 e. The Bertz CT molecular complexity index is 777. The molecule has 1 saturated heterocycles. The van der Waals surface area contributed by atoms with E-state index in [0.717, 1.165) is 11.3 Å². The molecule has 0 atom stereocenters. The van der Waals surface area contributed by atoms with Crippen molar-refractivity contribution in [2.24, 2.45) is 0 Å². The normalized spacial score (nSPS) is 15.1. The standard InChI is InChI=1S/C21H26FN3O/c1-21(2,3)16-8-4-6-10-18(16)23-20(26)25-14-12-24(13-15-25)19-11-7-5-9-17(19)22/h4-11H,12-15H2,1-3H3,(H,23,26). The van der Waals surface area contributed by atoms with Crippen molar-refractivity contribution < 1.29 is 9.18 Å². The molecule has 1 N–H and O–H groups in total. The number of nitrogens with one attached hydrogen (secondary N) is 1. The molecule has 1 fully saturated rings. The lowest BCUT2D eigenvalue weighted by Gasteiger charge is -2.36. The number of urea groups is 1. The van der Waals surface area contributed by atoms with Crippen molar-refractivity contribution in [1.82, 2.24) is 4.90 Å². The number of rotatable bonds is 2. The summed E-state index contributed by atoms with van der Waals surface area (Å²) >= 11 is 0. The van der Waals surface area contributed by atoms with Gasteiger partial charge in [0.15, 0.2) is 0 Å². The van der Waals surface area contributed by atoms with Gasteiger partial charge in [-0.25, -0.2) is 9.18 Å². The fraction of sp³-hybridized carbons (Fsp3) is 0.381. The lowest BCUT2D eigenvalue weighted by atomic mass is 9.86. The monoisotopic (exact) mass is 355 g/mol. The predicted octanol–water partition coefficient (Wildman–Crippen LogP) is 4.48. The van der Waals surface area contributed by atoms with Crippen molar-refractivity contribution in [3.63, 3.8) is 0 Å². The highest BCUT2D eigenvalue weighted by molar-refractivity contribution is 5.90. The SMILES string of the molecule is CC(C)(C)c1ccccc1NC(=O)N1CCN(c2ccccc2F)CC1. The van der Waals surface area contributed by atoms with Crippen LogP contribution < -0.4 is 10.2 Å². The van der Waals surface area contributed by atoms with E-state index in [-0.39, 0.29) is 17.3 Å². The molecule has 5 heteroatoms. The van der Waals surface area contributed by atoms with E-state index in [2.05, 4.69) is 26.1 Å². The van der Waals surface area contributed by atoms with E-state index in [4.69, 9.17) is 0 Å². The number of amides is 2. The Morgan fingerprint density at radius 3 is 2.23 bits per heavy atom. The molecule has 0 bridgehead atoms. The Kier molecular flexibility index (Phi) is 5.16. The first-order chi connectivity index (χ1) is 12.4. The Hall–Kier alpha value is -2.56. The zero-order valence-corrected chi connectivity index (χ0v) is 15.6. The Morgan fingerprint density at radius 1 is 0.962 bits per heavy atom. The molecule has 1 aliphatic heterocycles. The van der Waals surface area contributed by atoms with Crippen molar-refractivity contribution in [2.45, 2.75) is 26.2 Å². The van der Waals surface area contributed by atoms with Gasteiger partial charge >= 0.3 is 6.03 Å². The molecule has 2 aromatic carbocycles. The molecular weight excluding hydrogens is 329 g/mol. The molecule has 4 nitrogen and oxygen atoms in total. The van der Waals surface area contributed by atoms with Crippen LogP contribution in [0.5, 0.6) is 0 Å². The van der Waals surface area contributed by atoms with Crippen molar-refractivity contribution in [2.75, 3.05) is 36.4 Å². The summed E-state index contributed by atoms with van der Waals surface area (Å²) in [6, 6.07) is 14.6. The fourth-order valence-corrected chi connectivity index (χ4v) is 3.30. The maximum atomic E-state index is 13.9. The number of piperazine rings is 1. The van der Waals surface area contributed by atoms with E-state index in [1.807, 2.05) is 35.2 Å². The summed E-state index contributed by atoms with van der Waals surface area (Å²) in [7, 11) is 0. The Labute approximate surface area is 154 Å². The summed E-state index contributed by atoms with van der Waals surface area (Å²) in [4.78, 5) is 16.5. The number of benzene rings is 2. The van der Waals surface area contributed by atoms with Crippen LogP contribution in [-0.2, 0) is 5.41 Å². The van der Waals surface area contributed by atoms with E-state index in [0.29, 0.717) is 31.9 Å². The molecule has 1 heterocycles. The number of carbonyl (C=O) groups excluding carboxylic acids is 1. The number of halogens is 1. The van der Waals surface area contributed by atoms with E-state index >= 15 is 0 Å². The lowest BCUT2D eigenvalue weighted by Crippen LogP contribution is -2.50. The highest BCUT2D eigenvalue weighted by Gasteiger charge is 2.24. The van der Waals surface area contributed by atoms with Gasteiger partial charge in [-0.2, -0.15) is 0 Å². The topological polar surface area (TPSA) is 35.6 Å². The second-order valence-corrected chi connectivity index (χ2v) is 7.65. The third-order valence-electron chi connectivity index (χ3n) is 4.74. The van der Waals surface area contributed by atoms with Gasteiger partial charge in [-0.3, -0.25) is 0 Å². The number of carbonyl (C=O) groups is 1. The second kappa shape index (κ2) is 7.36. The first-order valence-corrected chi connectivity index (χ1v) is 9.01. The van der Waals surface area contributed by atoms with Crippen LogP contribution in [0.15, 0.2) is 48.5 Å². The third-order valence-corrected chi connectivity index (χ3v) is 4.74. The Balaban J connectivity index is 1.64. The van der Waals surface area contributed by atoms with Crippen molar-refractivity contribution in [1.29, 1.82) is 0 Å². The lowest BCUT2D eigenvalue weighted by molar-refractivity contribution is 0.208. The summed E-state index contributed by atoms with van der Waals surface area (Å²) < 4.78 is 13.9. The molecule has 2 aromatic rings. The second-order valence-electron chi connectivity index (χ2n) is 7.65. The van der Waals surface area contributed by atoms with E-state index < -0.39 is 0 Å². The van der Waals surface area contributed by atoms with Gasteiger partial charge in [0.05, 0.1) is 5.69 Å². The zero-order valence-electron chi connectivity index (χ0n) is 15.6. The molecule has 0 radical (unpaired) electrons. The first kappa shape index (κ1) is 18.2. The molecule has 26 heavy (non-hydrogen) atoms.